The Balaban J connectivity index is 1.47. The predicted molar refractivity (Wildman–Crippen MR) is 109 cm³/mol. The lowest BCUT2D eigenvalue weighted by Gasteiger charge is -2.09. The normalized spacial score (nSPS) is 21.9. The molecular weight excluding hydrogens is 356 g/mol. The number of thiophene rings is 1. The minimum atomic E-state index is -0.788. The first kappa shape index (κ1) is 18.2. The van der Waals surface area contributed by atoms with Crippen molar-refractivity contribution in [1.82, 2.24) is 0 Å². The lowest BCUT2D eigenvalue weighted by Crippen LogP contribution is -2.02. The third-order valence-electron chi connectivity index (χ3n) is 6.28. The summed E-state index contributed by atoms with van der Waals surface area (Å²) in [6.07, 6.45) is 5.23. The standard InChI is InChI=1S/C23H24O3S/c1-13-20-16(12-17-21(20)23(17,2)3)22(27-13)18(24)10-8-14-4-6-15(7-5-14)9-11-19(25)26/h4-8,10,17,21H,9,11-12H2,1-3H3,(H,25,26)/t17-,21-/m1/s1. The molecule has 4 heteroatoms. The first-order chi connectivity index (χ1) is 12.8. The number of carbonyl (C=O) groups is 2. The van der Waals surface area contributed by atoms with Crippen LogP contribution in [0.1, 0.15) is 63.0 Å². The smallest absolute Gasteiger partial charge is 0.303 e. The van der Waals surface area contributed by atoms with Gasteiger partial charge < -0.3 is 5.11 Å². The largest absolute Gasteiger partial charge is 0.481 e. The van der Waals surface area contributed by atoms with Gasteiger partial charge in [-0.05, 0) is 65.3 Å². The molecule has 1 heterocycles. The van der Waals surface area contributed by atoms with Crippen LogP contribution < -0.4 is 0 Å². The van der Waals surface area contributed by atoms with Gasteiger partial charge in [0.05, 0.1) is 4.88 Å². The molecule has 0 bridgehead atoms. The van der Waals surface area contributed by atoms with Crippen LogP contribution in [0.5, 0.6) is 0 Å². The molecular formula is C23H24O3S. The van der Waals surface area contributed by atoms with Gasteiger partial charge in [-0.2, -0.15) is 0 Å². The number of benzene rings is 1. The molecule has 2 atom stereocenters. The maximum atomic E-state index is 12.8. The molecule has 0 unspecified atom stereocenters. The summed E-state index contributed by atoms with van der Waals surface area (Å²) in [5, 5.41) is 8.75. The minimum absolute atomic E-state index is 0.0957. The first-order valence-corrected chi connectivity index (χ1v) is 10.3. The summed E-state index contributed by atoms with van der Waals surface area (Å²) in [5.41, 5.74) is 5.10. The predicted octanol–water partition coefficient (Wildman–Crippen LogP) is 5.27. The average molecular weight is 381 g/mol. The van der Waals surface area contributed by atoms with E-state index in [1.165, 1.54) is 16.0 Å². The van der Waals surface area contributed by atoms with E-state index in [4.69, 9.17) is 5.11 Å². The second-order valence-corrected chi connectivity index (χ2v) is 9.55. The van der Waals surface area contributed by atoms with E-state index in [1.54, 1.807) is 17.4 Å². The zero-order valence-electron chi connectivity index (χ0n) is 15.9. The quantitative estimate of drug-likeness (QED) is 0.549. The Hall–Kier alpha value is -2.20. The van der Waals surface area contributed by atoms with Crippen LogP contribution >= 0.6 is 11.3 Å². The minimum Gasteiger partial charge on any atom is -0.481 e. The van der Waals surface area contributed by atoms with Crippen molar-refractivity contribution in [2.45, 2.75) is 46.0 Å². The lowest BCUT2D eigenvalue weighted by atomic mass is 9.94. The van der Waals surface area contributed by atoms with E-state index < -0.39 is 5.97 Å². The lowest BCUT2D eigenvalue weighted by molar-refractivity contribution is -0.136. The molecule has 2 aliphatic carbocycles. The molecule has 2 aliphatic rings. The molecule has 1 aromatic carbocycles. The van der Waals surface area contributed by atoms with Gasteiger partial charge in [0.25, 0.3) is 0 Å². The fourth-order valence-corrected chi connectivity index (χ4v) is 5.78. The van der Waals surface area contributed by atoms with Gasteiger partial charge in [-0.25, -0.2) is 0 Å². The maximum absolute atomic E-state index is 12.8. The topological polar surface area (TPSA) is 54.4 Å². The number of aliphatic carboxylic acids is 1. The van der Waals surface area contributed by atoms with E-state index in [0.29, 0.717) is 23.7 Å². The van der Waals surface area contributed by atoms with E-state index in [0.717, 1.165) is 22.4 Å². The van der Waals surface area contributed by atoms with Gasteiger partial charge in [0.1, 0.15) is 0 Å². The van der Waals surface area contributed by atoms with E-state index in [1.807, 2.05) is 30.3 Å². The van der Waals surface area contributed by atoms with Crippen LogP contribution in [-0.2, 0) is 17.6 Å². The fourth-order valence-electron chi connectivity index (χ4n) is 4.63. The molecule has 27 heavy (non-hydrogen) atoms. The van der Waals surface area contributed by atoms with Gasteiger partial charge in [-0.3, -0.25) is 9.59 Å². The second-order valence-electron chi connectivity index (χ2n) is 8.32. The van der Waals surface area contributed by atoms with Crippen LogP contribution in [0.2, 0.25) is 0 Å². The second kappa shape index (κ2) is 6.45. The van der Waals surface area contributed by atoms with Crippen molar-refractivity contribution in [2.24, 2.45) is 11.3 Å². The van der Waals surface area contributed by atoms with Crippen molar-refractivity contribution < 1.29 is 14.7 Å². The van der Waals surface area contributed by atoms with E-state index in [-0.39, 0.29) is 12.2 Å². The Morgan fingerprint density at radius 3 is 2.63 bits per heavy atom. The molecule has 3 nitrogen and oxygen atoms in total. The number of fused-ring (bicyclic) bond motifs is 3. The van der Waals surface area contributed by atoms with Crippen molar-refractivity contribution >= 4 is 29.2 Å². The molecule has 1 fully saturated rings. The zero-order valence-corrected chi connectivity index (χ0v) is 16.7. The van der Waals surface area contributed by atoms with Gasteiger partial charge in [0.2, 0.25) is 0 Å². The van der Waals surface area contributed by atoms with Gasteiger partial charge in [-0.15, -0.1) is 11.3 Å². The van der Waals surface area contributed by atoms with Crippen molar-refractivity contribution in [1.29, 1.82) is 0 Å². The summed E-state index contributed by atoms with van der Waals surface area (Å²) in [4.78, 5) is 25.6. The van der Waals surface area contributed by atoms with Crippen LogP contribution in [0, 0.1) is 18.3 Å². The van der Waals surface area contributed by atoms with Gasteiger partial charge >= 0.3 is 5.97 Å². The first-order valence-electron chi connectivity index (χ1n) is 9.44. The molecule has 1 N–H and O–H groups in total. The highest BCUT2D eigenvalue weighted by Crippen LogP contribution is 2.71. The highest BCUT2D eigenvalue weighted by atomic mass is 32.1. The number of hydrogen-bond acceptors (Lipinski definition) is 3. The summed E-state index contributed by atoms with van der Waals surface area (Å²) < 4.78 is 0. The van der Waals surface area contributed by atoms with Crippen molar-refractivity contribution in [3.05, 3.63) is 62.3 Å². The Bertz CT molecular complexity index is 947. The van der Waals surface area contributed by atoms with Gasteiger partial charge in [-0.1, -0.05) is 44.2 Å². The number of rotatable bonds is 6. The summed E-state index contributed by atoms with van der Waals surface area (Å²) >= 11 is 1.65. The van der Waals surface area contributed by atoms with Crippen molar-refractivity contribution in [2.75, 3.05) is 0 Å². The molecule has 0 saturated heterocycles. The van der Waals surface area contributed by atoms with Crippen LogP contribution in [0.3, 0.4) is 0 Å². The van der Waals surface area contributed by atoms with E-state index in [9.17, 15) is 9.59 Å². The number of hydrogen-bond donors (Lipinski definition) is 1. The summed E-state index contributed by atoms with van der Waals surface area (Å²) in [6, 6.07) is 7.72. The third-order valence-corrected chi connectivity index (χ3v) is 7.46. The summed E-state index contributed by atoms with van der Waals surface area (Å²) in [5.74, 6) is 0.666. The van der Waals surface area contributed by atoms with Crippen LogP contribution in [0.25, 0.3) is 6.08 Å². The Morgan fingerprint density at radius 2 is 1.96 bits per heavy atom. The monoisotopic (exact) mass is 380 g/mol. The number of ketones is 1. The Kier molecular flexibility index (Phi) is 4.34. The molecule has 1 aromatic heterocycles. The van der Waals surface area contributed by atoms with E-state index in [2.05, 4.69) is 20.8 Å². The number of carboxylic acid groups (broad SMARTS) is 1. The van der Waals surface area contributed by atoms with Crippen LogP contribution in [0.4, 0.5) is 0 Å². The molecule has 0 radical (unpaired) electrons. The number of allylic oxidation sites excluding steroid dienone is 1. The number of aryl methyl sites for hydroxylation is 2. The summed E-state index contributed by atoms with van der Waals surface area (Å²) in [6.45, 7) is 6.82. The van der Waals surface area contributed by atoms with Crippen molar-refractivity contribution in [3.8, 4) is 0 Å². The van der Waals surface area contributed by atoms with Crippen LogP contribution in [-0.4, -0.2) is 16.9 Å². The number of carbonyl (C=O) groups excluding carboxylic acids is 1. The van der Waals surface area contributed by atoms with E-state index >= 15 is 0 Å². The molecule has 2 aromatic rings. The molecule has 0 amide bonds. The third kappa shape index (κ3) is 3.16. The highest BCUT2D eigenvalue weighted by molar-refractivity contribution is 7.14. The number of carboxylic acids is 1. The highest BCUT2D eigenvalue weighted by Gasteiger charge is 2.63. The van der Waals surface area contributed by atoms with Gasteiger partial charge in [0.15, 0.2) is 5.78 Å². The average Bonchev–Trinajstić information content (AvgIpc) is 2.96. The summed E-state index contributed by atoms with van der Waals surface area (Å²) in [7, 11) is 0. The van der Waals surface area contributed by atoms with Gasteiger partial charge in [0, 0.05) is 11.3 Å². The fraction of sp³-hybridized carbons (Fsp3) is 0.391. The maximum Gasteiger partial charge on any atom is 0.303 e. The zero-order chi connectivity index (χ0) is 19.3. The van der Waals surface area contributed by atoms with Crippen molar-refractivity contribution in [3.63, 3.8) is 0 Å². The molecule has 0 spiro atoms. The SMILES string of the molecule is Cc1sc(C(=O)C=Cc2ccc(CCC(=O)O)cc2)c2c1[C@H]1[C@@H](C2)C1(C)C. The van der Waals surface area contributed by atoms with Crippen LogP contribution in [0.15, 0.2) is 30.3 Å². The molecule has 0 aliphatic heterocycles. The Morgan fingerprint density at radius 1 is 1.26 bits per heavy atom. The molecule has 140 valence electrons. The Labute approximate surface area is 163 Å². The molecule has 4 rings (SSSR count). The molecule has 1 saturated carbocycles.